The summed E-state index contributed by atoms with van der Waals surface area (Å²) in [5.74, 6) is 0. The third kappa shape index (κ3) is 0.621. The molecule has 1 radical (unpaired) electrons. The van der Waals surface area contributed by atoms with E-state index in [1.165, 1.54) is 6.07 Å². The summed E-state index contributed by atoms with van der Waals surface area (Å²) in [4.78, 5) is 13.2. The largest absolute Gasteiger partial charge is 0.307 e. The lowest BCUT2D eigenvalue weighted by atomic mass is 10.4. The van der Waals surface area contributed by atoms with Crippen molar-refractivity contribution in [3.05, 3.63) is 28.7 Å². The van der Waals surface area contributed by atoms with Crippen LogP contribution in [0.1, 0.15) is 0 Å². The van der Waals surface area contributed by atoms with Gasteiger partial charge in [0.1, 0.15) is 11.8 Å². The van der Waals surface area contributed by atoms with Crippen molar-refractivity contribution < 1.29 is 0 Å². The highest BCUT2D eigenvalue weighted by molar-refractivity contribution is 5.72. The number of H-pyrrole nitrogens is 2. The van der Waals surface area contributed by atoms with Gasteiger partial charge in [-0.2, -0.15) is 5.10 Å². The summed E-state index contributed by atoms with van der Waals surface area (Å²) in [5.41, 5.74) is 0.484. The molecule has 0 unspecified atom stereocenters. The molecule has 2 aromatic rings. The molecule has 0 amide bonds. The van der Waals surface area contributed by atoms with Gasteiger partial charge in [0.15, 0.2) is 0 Å². The fourth-order valence-corrected chi connectivity index (χ4v) is 0.800. The molecule has 0 aliphatic heterocycles. The van der Waals surface area contributed by atoms with Crippen LogP contribution >= 0.6 is 0 Å². The van der Waals surface area contributed by atoms with Gasteiger partial charge < -0.3 is 4.98 Å². The lowest BCUT2D eigenvalue weighted by Gasteiger charge is -1.82. The van der Waals surface area contributed by atoms with E-state index < -0.39 is 0 Å². The Morgan fingerprint density at radius 1 is 1.50 bits per heavy atom. The summed E-state index contributed by atoms with van der Waals surface area (Å²) in [6.07, 6.45) is 2.67. The molecule has 0 bridgehead atoms. The number of hydrogen-bond donors (Lipinski definition) is 2. The SMILES string of the molecule is O=c1ccc2[c]n[nH]c2[nH]1. The summed E-state index contributed by atoms with van der Waals surface area (Å²) in [6.45, 7) is 0. The van der Waals surface area contributed by atoms with Gasteiger partial charge in [-0.25, -0.2) is 0 Å². The van der Waals surface area contributed by atoms with Crippen molar-refractivity contribution in [2.45, 2.75) is 0 Å². The van der Waals surface area contributed by atoms with Gasteiger partial charge in [0.25, 0.3) is 0 Å². The summed E-state index contributed by atoms with van der Waals surface area (Å²) in [6, 6.07) is 3.10. The summed E-state index contributed by atoms with van der Waals surface area (Å²) in [5, 5.41) is 7.01. The topological polar surface area (TPSA) is 61.5 Å². The average Bonchev–Trinajstić information content (AvgIpc) is 2.33. The fraction of sp³-hybridized carbons (Fsp3) is 0. The van der Waals surface area contributed by atoms with Gasteiger partial charge in [0.05, 0.1) is 0 Å². The number of aromatic nitrogens is 3. The van der Waals surface area contributed by atoms with E-state index in [1.54, 1.807) is 6.07 Å². The van der Waals surface area contributed by atoms with E-state index in [2.05, 4.69) is 21.4 Å². The highest BCUT2D eigenvalue weighted by Crippen LogP contribution is 2.00. The van der Waals surface area contributed by atoms with E-state index in [0.29, 0.717) is 5.65 Å². The minimum absolute atomic E-state index is 0.134. The Bertz CT molecular complexity index is 400. The predicted molar refractivity (Wildman–Crippen MR) is 35.6 cm³/mol. The second-order valence-corrected chi connectivity index (χ2v) is 1.95. The van der Waals surface area contributed by atoms with Crippen molar-refractivity contribution >= 4 is 11.0 Å². The van der Waals surface area contributed by atoms with Crippen molar-refractivity contribution in [1.29, 1.82) is 0 Å². The number of aromatic amines is 2. The van der Waals surface area contributed by atoms with Crippen LogP contribution in [0.5, 0.6) is 0 Å². The van der Waals surface area contributed by atoms with Gasteiger partial charge in [-0.3, -0.25) is 9.89 Å². The lowest BCUT2D eigenvalue weighted by Crippen LogP contribution is -2.01. The minimum atomic E-state index is -0.134. The summed E-state index contributed by atoms with van der Waals surface area (Å²) in [7, 11) is 0. The fourth-order valence-electron chi connectivity index (χ4n) is 0.800. The molecule has 4 nitrogen and oxygen atoms in total. The Hall–Kier alpha value is -1.58. The quantitative estimate of drug-likeness (QED) is 0.534. The standard InChI is InChI=1S/C6H4N3O/c10-5-2-1-4-3-7-9-6(4)8-5/h1-2H,(H2,7,8,9,10). The molecule has 0 fully saturated rings. The van der Waals surface area contributed by atoms with Gasteiger partial charge in [-0.15, -0.1) is 0 Å². The van der Waals surface area contributed by atoms with Crippen molar-refractivity contribution in [3.8, 4) is 0 Å². The second-order valence-electron chi connectivity index (χ2n) is 1.95. The molecular weight excluding hydrogens is 130 g/mol. The van der Waals surface area contributed by atoms with Crippen molar-refractivity contribution in [2.75, 3.05) is 0 Å². The van der Waals surface area contributed by atoms with Gasteiger partial charge in [0.2, 0.25) is 5.56 Å². The van der Waals surface area contributed by atoms with E-state index in [9.17, 15) is 4.79 Å². The van der Waals surface area contributed by atoms with Crippen LogP contribution in [0.15, 0.2) is 16.9 Å². The van der Waals surface area contributed by atoms with Crippen molar-refractivity contribution in [3.63, 3.8) is 0 Å². The Balaban J connectivity index is 2.99. The zero-order valence-electron chi connectivity index (χ0n) is 5.01. The second kappa shape index (κ2) is 1.70. The maximum atomic E-state index is 10.7. The van der Waals surface area contributed by atoms with E-state index >= 15 is 0 Å². The number of rotatable bonds is 0. The number of pyridine rings is 1. The van der Waals surface area contributed by atoms with E-state index in [4.69, 9.17) is 0 Å². The van der Waals surface area contributed by atoms with Crippen LogP contribution in [0.2, 0.25) is 0 Å². The first-order chi connectivity index (χ1) is 4.86. The van der Waals surface area contributed by atoms with Gasteiger partial charge >= 0.3 is 0 Å². The summed E-state index contributed by atoms with van der Waals surface area (Å²) < 4.78 is 0. The van der Waals surface area contributed by atoms with Gasteiger partial charge in [0, 0.05) is 11.5 Å². The molecule has 10 heavy (non-hydrogen) atoms. The Morgan fingerprint density at radius 3 is 3.30 bits per heavy atom. The third-order valence-corrected chi connectivity index (χ3v) is 1.26. The van der Waals surface area contributed by atoms with Crippen LogP contribution < -0.4 is 5.56 Å². The first kappa shape index (κ1) is 5.22. The molecule has 0 atom stereocenters. The highest BCUT2D eigenvalue weighted by Gasteiger charge is 1.93. The molecule has 0 aliphatic carbocycles. The van der Waals surface area contributed by atoms with Crippen molar-refractivity contribution in [2.24, 2.45) is 0 Å². The van der Waals surface area contributed by atoms with Crippen LogP contribution in [0.25, 0.3) is 11.0 Å². The smallest absolute Gasteiger partial charge is 0.249 e. The maximum Gasteiger partial charge on any atom is 0.249 e. The molecule has 0 aromatic carbocycles. The van der Waals surface area contributed by atoms with Crippen LogP contribution in [-0.2, 0) is 0 Å². The van der Waals surface area contributed by atoms with Gasteiger partial charge in [-0.1, -0.05) is 0 Å². The normalized spacial score (nSPS) is 10.4. The Morgan fingerprint density at radius 2 is 2.40 bits per heavy atom. The van der Waals surface area contributed by atoms with E-state index in [1.807, 2.05) is 0 Å². The number of nitrogens with one attached hydrogen (secondary N) is 2. The molecule has 2 aromatic heterocycles. The molecule has 0 saturated heterocycles. The maximum absolute atomic E-state index is 10.7. The average molecular weight is 134 g/mol. The molecule has 49 valence electrons. The Labute approximate surface area is 55.9 Å². The van der Waals surface area contributed by atoms with Gasteiger partial charge in [-0.05, 0) is 6.07 Å². The lowest BCUT2D eigenvalue weighted by molar-refractivity contribution is 1.08. The van der Waals surface area contributed by atoms with Crippen LogP contribution in [0, 0.1) is 6.20 Å². The molecule has 2 heterocycles. The zero-order chi connectivity index (χ0) is 6.97. The van der Waals surface area contributed by atoms with E-state index in [-0.39, 0.29) is 5.56 Å². The van der Waals surface area contributed by atoms with E-state index in [0.717, 1.165) is 5.39 Å². The molecule has 0 saturated carbocycles. The predicted octanol–water partition coefficient (Wildman–Crippen LogP) is 0.0514. The number of fused-ring (bicyclic) bond motifs is 1. The molecule has 4 heteroatoms. The highest BCUT2D eigenvalue weighted by atomic mass is 16.1. The number of hydrogen-bond acceptors (Lipinski definition) is 2. The zero-order valence-corrected chi connectivity index (χ0v) is 5.01. The van der Waals surface area contributed by atoms with Crippen LogP contribution in [0.4, 0.5) is 0 Å². The monoisotopic (exact) mass is 134 g/mol. The molecule has 2 N–H and O–H groups in total. The molecule has 0 spiro atoms. The van der Waals surface area contributed by atoms with Crippen LogP contribution in [-0.4, -0.2) is 15.2 Å². The third-order valence-electron chi connectivity index (χ3n) is 1.26. The number of nitrogens with zero attached hydrogens (tertiary/aromatic N) is 1. The summed E-state index contributed by atoms with van der Waals surface area (Å²) >= 11 is 0. The molecule has 2 rings (SSSR count). The molecule has 0 aliphatic rings. The molecular formula is C6H4N3O. The first-order valence-electron chi connectivity index (χ1n) is 2.81. The minimum Gasteiger partial charge on any atom is -0.307 e. The van der Waals surface area contributed by atoms with Crippen LogP contribution in [0.3, 0.4) is 0 Å². The Kier molecular flexibility index (Phi) is 0.887. The van der Waals surface area contributed by atoms with Crippen molar-refractivity contribution in [1.82, 2.24) is 15.2 Å². The first-order valence-corrected chi connectivity index (χ1v) is 2.81.